The summed E-state index contributed by atoms with van der Waals surface area (Å²) in [5.41, 5.74) is 3.18. The van der Waals surface area contributed by atoms with Gasteiger partial charge in [-0.15, -0.1) is 0 Å². The van der Waals surface area contributed by atoms with Crippen LogP contribution in [-0.4, -0.2) is 7.11 Å². The van der Waals surface area contributed by atoms with E-state index in [0.29, 0.717) is 0 Å². The van der Waals surface area contributed by atoms with Gasteiger partial charge in [-0.2, -0.15) is 0 Å². The van der Waals surface area contributed by atoms with Crippen molar-refractivity contribution >= 4 is 10.8 Å². The van der Waals surface area contributed by atoms with Crippen molar-refractivity contribution in [3.05, 3.63) is 41.5 Å². The van der Waals surface area contributed by atoms with Gasteiger partial charge in [0.05, 0.1) is 7.11 Å². The van der Waals surface area contributed by atoms with E-state index in [2.05, 4.69) is 44.2 Å². The summed E-state index contributed by atoms with van der Waals surface area (Å²) >= 11 is 0. The molecule has 0 bridgehead atoms. The van der Waals surface area contributed by atoms with Crippen molar-refractivity contribution in [3.8, 4) is 5.75 Å². The zero-order chi connectivity index (χ0) is 14.6. The molecule has 2 aromatic rings. The van der Waals surface area contributed by atoms with E-state index in [-0.39, 0.29) is 0 Å². The van der Waals surface area contributed by atoms with Crippen LogP contribution in [0.15, 0.2) is 30.3 Å². The molecule has 0 amide bonds. The van der Waals surface area contributed by atoms with Gasteiger partial charge < -0.3 is 4.74 Å². The van der Waals surface area contributed by atoms with Crippen molar-refractivity contribution in [3.63, 3.8) is 0 Å². The van der Waals surface area contributed by atoms with Gasteiger partial charge in [0.25, 0.3) is 0 Å². The summed E-state index contributed by atoms with van der Waals surface area (Å²) in [5, 5.41) is 2.81. The number of hydrogen-bond acceptors (Lipinski definition) is 1. The topological polar surface area (TPSA) is 9.23 Å². The summed E-state index contributed by atoms with van der Waals surface area (Å²) in [6, 6.07) is 11.3. The molecule has 0 radical (unpaired) electrons. The molecule has 1 saturated carbocycles. The lowest BCUT2D eigenvalue weighted by atomic mass is 9.83. The van der Waals surface area contributed by atoms with Gasteiger partial charge in [-0.1, -0.05) is 51.0 Å². The van der Waals surface area contributed by atoms with Gasteiger partial charge in [-0.25, -0.2) is 0 Å². The van der Waals surface area contributed by atoms with Gasteiger partial charge in [-0.05, 0) is 52.7 Å². The van der Waals surface area contributed by atoms with Crippen molar-refractivity contribution < 1.29 is 4.74 Å². The molecule has 21 heavy (non-hydrogen) atoms. The van der Waals surface area contributed by atoms with Crippen molar-refractivity contribution in [1.29, 1.82) is 0 Å². The predicted molar refractivity (Wildman–Crippen MR) is 88.2 cm³/mol. The molecular formula is C20H24O. The van der Waals surface area contributed by atoms with Gasteiger partial charge >= 0.3 is 0 Å². The first-order valence-corrected chi connectivity index (χ1v) is 8.39. The molecule has 2 aliphatic rings. The fraction of sp³-hybridized carbons (Fsp3) is 0.500. The molecule has 0 spiro atoms. The van der Waals surface area contributed by atoms with E-state index >= 15 is 0 Å². The van der Waals surface area contributed by atoms with E-state index in [9.17, 15) is 0 Å². The monoisotopic (exact) mass is 280 g/mol. The van der Waals surface area contributed by atoms with E-state index in [1.165, 1.54) is 30.0 Å². The molecule has 4 unspecified atom stereocenters. The minimum absolute atomic E-state index is 0.741. The highest BCUT2D eigenvalue weighted by atomic mass is 16.5. The average Bonchev–Trinajstić information content (AvgIpc) is 3.06. The standard InChI is InChI=1S/C20H24O/c1-4-12-11-13(5-2)19-16-9-10-17(21-3)14-7-6-8-15(18(12)19)20(14)16/h6-10,12-13,18-19H,4-5,11H2,1-3H3. The lowest BCUT2D eigenvalue weighted by molar-refractivity contribution is 0.419. The molecule has 4 rings (SSSR count). The summed E-state index contributed by atoms with van der Waals surface area (Å²) in [6.07, 6.45) is 4.02. The Morgan fingerprint density at radius 3 is 2.24 bits per heavy atom. The molecule has 0 N–H and O–H groups in total. The second-order valence-corrected chi connectivity index (χ2v) is 6.75. The van der Waals surface area contributed by atoms with Crippen LogP contribution in [0.25, 0.3) is 10.8 Å². The third-order valence-electron chi connectivity index (χ3n) is 6.06. The second-order valence-electron chi connectivity index (χ2n) is 6.75. The second kappa shape index (κ2) is 4.76. The molecule has 1 heteroatoms. The van der Waals surface area contributed by atoms with Crippen LogP contribution < -0.4 is 4.74 Å². The van der Waals surface area contributed by atoms with Crippen LogP contribution >= 0.6 is 0 Å². The first kappa shape index (κ1) is 13.2. The van der Waals surface area contributed by atoms with E-state index in [1.807, 2.05) is 0 Å². The average molecular weight is 280 g/mol. The van der Waals surface area contributed by atoms with E-state index < -0.39 is 0 Å². The lowest BCUT2D eigenvalue weighted by Crippen LogP contribution is -2.08. The molecule has 2 aromatic carbocycles. The fourth-order valence-electron chi connectivity index (χ4n) is 5.17. The maximum absolute atomic E-state index is 5.59. The highest BCUT2D eigenvalue weighted by Gasteiger charge is 2.47. The zero-order valence-electron chi connectivity index (χ0n) is 13.2. The van der Waals surface area contributed by atoms with Crippen LogP contribution in [0.1, 0.15) is 56.1 Å². The lowest BCUT2D eigenvalue weighted by Gasteiger charge is -2.20. The molecular weight excluding hydrogens is 256 g/mol. The Morgan fingerprint density at radius 2 is 1.62 bits per heavy atom. The van der Waals surface area contributed by atoms with Crippen LogP contribution in [0.4, 0.5) is 0 Å². The predicted octanol–water partition coefficient (Wildman–Crippen LogP) is 5.49. The molecule has 2 aliphatic carbocycles. The Kier molecular flexibility index (Phi) is 2.99. The molecule has 0 saturated heterocycles. The summed E-state index contributed by atoms with van der Waals surface area (Å²) in [4.78, 5) is 0. The smallest absolute Gasteiger partial charge is 0.126 e. The summed E-state index contributed by atoms with van der Waals surface area (Å²) in [6.45, 7) is 4.73. The van der Waals surface area contributed by atoms with Gasteiger partial charge in [0.1, 0.15) is 5.75 Å². The molecule has 0 aromatic heterocycles. The minimum Gasteiger partial charge on any atom is -0.496 e. The van der Waals surface area contributed by atoms with Crippen LogP contribution in [0, 0.1) is 11.8 Å². The first-order chi connectivity index (χ1) is 10.3. The molecule has 1 nitrogen and oxygen atoms in total. The Hall–Kier alpha value is -1.50. The van der Waals surface area contributed by atoms with E-state index in [0.717, 1.165) is 29.4 Å². The molecule has 1 fully saturated rings. The molecule has 0 heterocycles. The molecule has 110 valence electrons. The normalized spacial score (nSPS) is 29.9. The van der Waals surface area contributed by atoms with Gasteiger partial charge in [-0.3, -0.25) is 0 Å². The van der Waals surface area contributed by atoms with Crippen LogP contribution in [-0.2, 0) is 0 Å². The zero-order valence-corrected chi connectivity index (χ0v) is 13.2. The Balaban J connectivity index is 1.98. The Bertz CT molecular complexity index is 665. The van der Waals surface area contributed by atoms with E-state index in [1.54, 1.807) is 18.2 Å². The van der Waals surface area contributed by atoms with E-state index in [4.69, 9.17) is 4.74 Å². The highest BCUT2D eigenvalue weighted by molar-refractivity contribution is 5.96. The molecule has 0 aliphatic heterocycles. The number of methoxy groups -OCH3 is 1. The largest absolute Gasteiger partial charge is 0.496 e. The number of rotatable bonds is 3. The maximum atomic E-state index is 5.59. The van der Waals surface area contributed by atoms with Crippen molar-refractivity contribution in [2.24, 2.45) is 11.8 Å². The third-order valence-corrected chi connectivity index (χ3v) is 6.06. The first-order valence-electron chi connectivity index (χ1n) is 8.39. The van der Waals surface area contributed by atoms with Crippen LogP contribution in [0.2, 0.25) is 0 Å². The van der Waals surface area contributed by atoms with Crippen molar-refractivity contribution in [1.82, 2.24) is 0 Å². The fourth-order valence-corrected chi connectivity index (χ4v) is 5.17. The summed E-state index contributed by atoms with van der Waals surface area (Å²) in [7, 11) is 1.78. The number of hydrogen-bond donors (Lipinski definition) is 0. The highest BCUT2D eigenvalue weighted by Crippen LogP contribution is 2.62. The minimum atomic E-state index is 0.741. The van der Waals surface area contributed by atoms with Crippen molar-refractivity contribution in [2.75, 3.05) is 7.11 Å². The summed E-state index contributed by atoms with van der Waals surface area (Å²) < 4.78 is 5.59. The Labute approximate surface area is 127 Å². The van der Waals surface area contributed by atoms with Gasteiger partial charge in [0.15, 0.2) is 0 Å². The van der Waals surface area contributed by atoms with Gasteiger partial charge in [0, 0.05) is 5.39 Å². The maximum Gasteiger partial charge on any atom is 0.126 e. The quantitative estimate of drug-likeness (QED) is 0.722. The summed E-state index contributed by atoms with van der Waals surface area (Å²) in [5.74, 6) is 4.21. The third kappa shape index (κ3) is 1.64. The molecule has 4 atom stereocenters. The number of benzene rings is 2. The SMILES string of the molecule is CCC1CC(CC)C2c3ccc(OC)c4cccc(c34)C12. The number of ether oxygens (including phenoxy) is 1. The number of fused-ring (bicyclic) bond motifs is 3. The van der Waals surface area contributed by atoms with Gasteiger partial charge in [0.2, 0.25) is 0 Å². The van der Waals surface area contributed by atoms with Crippen LogP contribution in [0.5, 0.6) is 5.75 Å². The van der Waals surface area contributed by atoms with Crippen molar-refractivity contribution in [2.45, 2.75) is 44.9 Å². The van der Waals surface area contributed by atoms with Crippen LogP contribution in [0.3, 0.4) is 0 Å². The Morgan fingerprint density at radius 1 is 0.952 bits per heavy atom.